The van der Waals surface area contributed by atoms with Crippen molar-refractivity contribution >= 4 is 5.97 Å². The fraction of sp³-hybridized carbons (Fsp3) is 0.435. The lowest BCUT2D eigenvalue weighted by molar-refractivity contribution is 0.0524. The second kappa shape index (κ2) is 8.50. The smallest absolute Gasteiger partial charge is 0.338 e. The van der Waals surface area contributed by atoms with E-state index in [-0.39, 0.29) is 5.97 Å². The lowest BCUT2D eigenvalue weighted by Gasteiger charge is -2.35. The largest absolute Gasteiger partial charge is 0.462 e. The standard InChI is InChI=1S/C23H29NO2/c1-4-26-23(25)21-12-8-6-10-18(21)15-22-19(16-24(2)3)14-13-17-9-5-7-11-20(17)22/h5-12,19,22H,4,13-16H2,1-3H3. The van der Waals surface area contributed by atoms with Gasteiger partial charge in [-0.15, -0.1) is 0 Å². The van der Waals surface area contributed by atoms with E-state index in [0.717, 1.165) is 24.9 Å². The molecule has 2 aromatic rings. The molecule has 26 heavy (non-hydrogen) atoms. The van der Waals surface area contributed by atoms with Gasteiger partial charge in [-0.05, 0) is 74.9 Å². The second-order valence-corrected chi connectivity index (χ2v) is 7.45. The number of hydrogen-bond acceptors (Lipinski definition) is 3. The summed E-state index contributed by atoms with van der Waals surface area (Å²) >= 11 is 0. The Morgan fingerprint density at radius 3 is 2.62 bits per heavy atom. The van der Waals surface area contributed by atoms with Crippen molar-refractivity contribution in [3.05, 3.63) is 70.8 Å². The molecular weight excluding hydrogens is 322 g/mol. The molecule has 3 rings (SSSR count). The molecule has 2 aromatic carbocycles. The molecule has 0 bridgehead atoms. The van der Waals surface area contributed by atoms with E-state index in [1.54, 1.807) is 0 Å². The Balaban J connectivity index is 1.94. The first kappa shape index (κ1) is 18.7. The Bertz CT molecular complexity index is 753. The van der Waals surface area contributed by atoms with Crippen molar-refractivity contribution in [2.24, 2.45) is 5.92 Å². The number of ether oxygens (including phenoxy) is 1. The van der Waals surface area contributed by atoms with E-state index >= 15 is 0 Å². The SMILES string of the molecule is CCOC(=O)c1ccccc1CC1c2ccccc2CCC1CN(C)C. The number of hydrogen-bond donors (Lipinski definition) is 0. The number of carbonyl (C=O) groups excluding carboxylic acids is 1. The molecule has 0 saturated carbocycles. The van der Waals surface area contributed by atoms with Gasteiger partial charge in [0.15, 0.2) is 0 Å². The van der Waals surface area contributed by atoms with Gasteiger partial charge in [0.25, 0.3) is 0 Å². The minimum atomic E-state index is -0.212. The monoisotopic (exact) mass is 351 g/mol. The van der Waals surface area contributed by atoms with E-state index in [4.69, 9.17) is 4.74 Å². The van der Waals surface area contributed by atoms with Crippen molar-refractivity contribution < 1.29 is 9.53 Å². The summed E-state index contributed by atoms with van der Waals surface area (Å²) < 4.78 is 5.27. The van der Waals surface area contributed by atoms with Crippen molar-refractivity contribution in [1.29, 1.82) is 0 Å². The predicted molar refractivity (Wildman–Crippen MR) is 106 cm³/mol. The topological polar surface area (TPSA) is 29.5 Å². The number of rotatable bonds is 6. The molecule has 0 fully saturated rings. The third-order valence-electron chi connectivity index (χ3n) is 5.36. The molecule has 0 spiro atoms. The van der Waals surface area contributed by atoms with Crippen LogP contribution in [0.1, 0.15) is 46.3 Å². The van der Waals surface area contributed by atoms with Crippen LogP contribution in [0, 0.1) is 5.92 Å². The summed E-state index contributed by atoms with van der Waals surface area (Å²) in [4.78, 5) is 14.7. The van der Waals surface area contributed by atoms with Crippen LogP contribution in [0.4, 0.5) is 0 Å². The maximum absolute atomic E-state index is 12.4. The molecule has 2 unspecified atom stereocenters. The van der Waals surface area contributed by atoms with Gasteiger partial charge in [-0.1, -0.05) is 42.5 Å². The van der Waals surface area contributed by atoms with E-state index in [0.29, 0.717) is 24.0 Å². The summed E-state index contributed by atoms with van der Waals surface area (Å²) in [6.45, 7) is 3.33. The van der Waals surface area contributed by atoms with Crippen LogP contribution in [0.2, 0.25) is 0 Å². The van der Waals surface area contributed by atoms with Crippen LogP contribution < -0.4 is 0 Å². The second-order valence-electron chi connectivity index (χ2n) is 7.45. The highest BCUT2D eigenvalue weighted by Gasteiger charge is 2.30. The number of fused-ring (bicyclic) bond motifs is 1. The van der Waals surface area contributed by atoms with Crippen molar-refractivity contribution in [3.63, 3.8) is 0 Å². The third kappa shape index (κ3) is 4.16. The van der Waals surface area contributed by atoms with Crippen LogP contribution >= 0.6 is 0 Å². The Hall–Kier alpha value is -2.13. The molecule has 1 aliphatic rings. The van der Waals surface area contributed by atoms with Gasteiger partial charge in [0.1, 0.15) is 0 Å². The van der Waals surface area contributed by atoms with E-state index in [9.17, 15) is 4.79 Å². The van der Waals surface area contributed by atoms with Crippen molar-refractivity contribution in [3.8, 4) is 0 Å². The van der Waals surface area contributed by atoms with E-state index in [2.05, 4.69) is 49.3 Å². The maximum Gasteiger partial charge on any atom is 0.338 e. The van der Waals surface area contributed by atoms with E-state index < -0.39 is 0 Å². The molecule has 1 aliphatic carbocycles. The minimum Gasteiger partial charge on any atom is -0.462 e. The Morgan fingerprint density at radius 2 is 1.85 bits per heavy atom. The van der Waals surface area contributed by atoms with Gasteiger partial charge in [0.05, 0.1) is 12.2 Å². The van der Waals surface area contributed by atoms with Crippen molar-refractivity contribution in [2.45, 2.75) is 32.1 Å². The molecule has 3 heteroatoms. The Labute approximate surface area is 157 Å². The highest BCUT2D eigenvalue weighted by Crippen LogP contribution is 2.39. The zero-order valence-corrected chi connectivity index (χ0v) is 16.1. The predicted octanol–water partition coefficient (Wildman–Crippen LogP) is 4.31. The lowest BCUT2D eigenvalue weighted by Crippen LogP contribution is -2.31. The average Bonchev–Trinajstić information content (AvgIpc) is 2.64. The Morgan fingerprint density at radius 1 is 1.12 bits per heavy atom. The van der Waals surface area contributed by atoms with Crippen LogP contribution in [0.3, 0.4) is 0 Å². The fourth-order valence-electron chi connectivity index (χ4n) is 4.23. The van der Waals surface area contributed by atoms with Gasteiger partial charge < -0.3 is 9.64 Å². The first-order chi connectivity index (χ1) is 12.6. The van der Waals surface area contributed by atoms with Gasteiger partial charge in [-0.25, -0.2) is 4.79 Å². The number of esters is 1. The van der Waals surface area contributed by atoms with Crippen LogP contribution in [0.25, 0.3) is 0 Å². The zero-order valence-electron chi connectivity index (χ0n) is 16.1. The number of nitrogens with zero attached hydrogens (tertiary/aromatic N) is 1. The maximum atomic E-state index is 12.4. The van der Waals surface area contributed by atoms with Crippen LogP contribution in [-0.4, -0.2) is 38.1 Å². The Kier molecular flexibility index (Phi) is 6.10. The first-order valence-electron chi connectivity index (χ1n) is 9.57. The van der Waals surface area contributed by atoms with Crippen molar-refractivity contribution in [2.75, 3.05) is 27.2 Å². The molecule has 0 aliphatic heterocycles. The van der Waals surface area contributed by atoms with Gasteiger partial charge >= 0.3 is 5.97 Å². The number of carbonyl (C=O) groups is 1. The minimum absolute atomic E-state index is 0.212. The molecule has 0 N–H and O–H groups in total. The molecule has 138 valence electrons. The molecular formula is C23H29NO2. The molecule has 0 amide bonds. The van der Waals surface area contributed by atoms with Crippen LogP contribution in [-0.2, 0) is 17.6 Å². The van der Waals surface area contributed by atoms with Gasteiger partial charge in [0.2, 0.25) is 0 Å². The lowest BCUT2D eigenvalue weighted by atomic mass is 9.72. The average molecular weight is 351 g/mol. The molecule has 0 heterocycles. The summed E-state index contributed by atoms with van der Waals surface area (Å²) in [6, 6.07) is 16.7. The van der Waals surface area contributed by atoms with Crippen LogP contribution in [0.5, 0.6) is 0 Å². The highest BCUT2D eigenvalue weighted by atomic mass is 16.5. The molecule has 0 aromatic heterocycles. The molecule has 0 radical (unpaired) electrons. The highest BCUT2D eigenvalue weighted by molar-refractivity contribution is 5.91. The van der Waals surface area contributed by atoms with Gasteiger partial charge in [-0.2, -0.15) is 0 Å². The molecule has 3 nitrogen and oxygen atoms in total. The zero-order chi connectivity index (χ0) is 18.5. The molecule has 2 atom stereocenters. The van der Waals surface area contributed by atoms with E-state index in [1.807, 2.05) is 25.1 Å². The summed E-state index contributed by atoms with van der Waals surface area (Å²) in [6.07, 6.45) is 3.22. The quantitative estimate of drug-likeness (QED) is 0.726. The summed E-state index contributed by atoms with van der Waals surface area (Å²) in [5, 5.41) is 0. The summed E-state index contributed by atoms with van der Waals surface area (Å²) in [7, 11) is 4.29. The van der Waals surface area contributed by atoms with E-state index in [1.165, 1.54) is 17.5 Å². The third-order valence-corrected chi connectivity index (χ3v) is 5.36. The fourth-order valence-corrected chi connectivity index (χ4v) is 4.23. The van der Waals surface area contributed by atoms with Crippen molar-refractivity contribution in [1.82, 2.24) is 4.90 Å². The number of benzene rings is 2. The van der Waals surface area contributed by atoms with Gasteiger partial charge in [-0.3, -0.25) is 0 Å². The normalized spacial score (nSPS) is 19.2. The van der Waals surface area contributed by atoms with Crippen LogP contribution in [0.15, 0.2) is 48.5 Å². The van der Waals surface area contributed by atoms with Gasteiger partial charge in [0, 0.05) is 6.54 Å². The summed E-state index contributed by atoms with van der Waals surface area (Å²) in [5.74, 6) is 0.810. The first-order valence-corrected chi connectivity index (χ1v) is 9.57. The summed E-state index contributed by atoms with van der Waals surface area (Å²) in [5.41, 5.74) is 4.71. The molecule has 0 saturated heterocycles. The number of aryl methyl sites for hydroxylation is 1.